The van der Waals surface area contributed by atoms with E-state index in [4.69, 9.17) is 0 Å². The van der Waals surface area contributed by atoms with Crippen molar-refractivity contribution in [2.45, 2.75) is 0 Å². The fourth-order valence-electron chi connectivity index (χ4n) is 4.17. The predicted molar refractivity (Wildman–Crippen MR) is 143 cm³/mol. The minimum atomic E-state index is -0.0625. The van der Waals surface area contributed by atoms with Crippen molar-refractivity contribution in [3.05, 3.63) is 149 Å². The first-order valence-corrected chi connectivity index (χ1v) is 11.5. The predicted octanol–water partition coefficient (Wildman–Crippen LogP) is 6.66. The van der Waals surface area contributed by atoms with Crippen LogP contribution in [0, 0.1) is 11.8 Å². The van der Waals surface area contributed by atoms with Crippen molar-refractivity contribution < 1.29 is 15.0 Å². The molecular formula is C33H22O3. The van der Waals surface area contributed by atoms with Gasteiger partial charge in [-0.15, -0.1) is 0 Å². The van der Waals surface area contributed by atoms with Crippen LogP contribution >= 0.6 is 0 Å². The van der Waals surface area contributed by atoms with Gasteiger partial charge in [0.05, 0.1) is 0 Å². The van der Waals surface area contributed by atoms with Crippen molar-refractivity contribution >= 4 is 11.4 Å². The highest BCUT2D eigenvalue weighted by Gasteiger charge is 2.19. The van der Waals surface area contributed by atoms with Crippen molar-refractivity contribution in [3.63, 3.8) is 0 Å². The largest absolute Gasteiger partial charge is 0.508 e. The van der Waals surface area contributed by atoms with Gasteiger partial charge in [-0.2, -0.15) is 0 Å². The first-order chi connectivity index (χ1) is 17.6. The molecule has 0 amide bonds. The second kappa shape index (κ2) is 10.0. The monoisotopic (exact) mass is 466 g/mol. The van der Waals surface area contributed by atoms with Crippen molar-refractivity contribution in [1.82, 2.24) is 0 Å². The van der Waals surface area contributed by atoms with Gasteiger partial charge in [-0.1, -0.05) is 78.6 Å². The summed E-state index contributed by atoms with van der Waals surface area (Å²) in [5, 5.41) is 19.6. The van der Waals surface area contributed by atoms with E-state index in [1.165, 1.54) is 0 Å². The van der Waals surface area contributed by atoms with Crippen LogP contribution in [0.5, 0.6) is 11.5 Å². The summed E-state index contributed by atoms with van der Waals surface area (Å²) < 4.78 is 0. The van der Waals surface area contributed by atoms with E-state index >= 15 is 0 Å². The minimum absolute atomic E-state index is 0.0625. The summed E-state index contributed by atoms with van der Waals surface area (Å²) in [5.41, 5.74) is 7.24. The number of hydrogen-bond acceptors (Lipinski definition) is 3. The molecule has 4 aromatic rings. The molecule has 0 fully saturated rings. The number of benzene rings is 4. The SMILES string of the molecule is O=C1C=CC(=C(c2ccc(O)cc2)c2c(C#Cc3ccc(O)cc3)cccc2-c2ccccc2)C=C1. The highest BCUT2D eigenvalue weighted by Crippen LogP contribution is 2.38. The van der Waals surface area contributed by atoms with Crippen molar-refractivity contribution in [2.75, 3.05) is 0 Å². The van der Waals surface area contributed by atoms with Crippen LogP contribution < -0.4 is 0 Å². The van der Waals surface area contributed by atoms with Gasteiger partial charge in [0, 0.05) is 16.7 Å². The van der Waals surface area contributed by atoms with E-state index in [0.717, 1.165) is 44.5 Å². The molecule has 0 aliphatic heterocycles. The summed E-state index contributed by atoms with van der Waals surface area (Å²) >= 11 is 0. The van der Waals surface area contributed by atoms with E-state index in [9.17, 15) is 15.0 Å². The minimum Gasteiger partial charge on any atom is -0.508 e. The van der Waals surface area contributed by atoms with Crippen LogP contribution in [0.25, 0.3) is 16.7 Å². The lowest BCUT2D eigenvalue weighted by Crippen LogP contribution is -2.01. The Balaban J connectivity index is 1.81. The lowest BCUT2D eigenvalue weighted by Gasteiger charge is -2.19. The van der Waals surface area contributed by atoms with Crippen LogP contribution in [0.15, 0.2) is 127 Å². The third-order valence-corrected chi connectivity index (χ3v) is 5.91. The first kappa shape index (κ1) is 22.7. The fourth-order valence-corrected chi connectivity index (χ4v) is 4.17. The summed E-state index contributed by atoms with van der Waals surface area (Å²) in [6, 6.07) is 30.0. The van der Waals surface area contributed by atoms with Gasteiger partial charge < -0.3 is 10.2 Å². The lowest BCUT2D eigenvalue weighted by atomic mass is 9.83. The molecule has 0 saturated heterocycles. The smallest absolute Gasteiger partial charge is 0.178 e. The summed E-state index contributed by atoms with van der Waals surface area (Å²) in [7, 11) is 0. The quantitative estimate of drug-likeness (QED) is 0.332. The van der Waals surface area contributed by atoms with E-state index in [1.807, 2.05) is 54.6 Å². The van der Waals surface area contributed by atoms with E-state index in [1.54, 1.807) is 48.6 Å². The molecular weight excluding hydrogens is 444 g/mol. The van der Waals surface area contributed by atoms with Gasteiger partial charge in [0.2, 0.25) is 0 Å². The Hall–Kier alpha value is -5.07. The summed E-state index contributed by atoms with van der Waals surface area (Å²) in [4.78, 5) is 11.9. The number of allylic oxidation sites excluding steroid dienone is 5. The normalized spacial score (nSPS) is 12.2. The fraction of sp³-hybridized carbons (Fsp3) is 0. The molecule has 0 unspecified atom stereocenters. The van der Waals surface area contributed by atoms with Crippen LogP contribution in [-0.4, -0.2) is 16.0 Å². The van der Waals surface area contributed by atoms with Crippen LogP contribution in [0.1, 0.15) is 22.3 Å². The number of carbonyl (C=O) groups is 1. The lowest BCUT2D eigenvalue weighted by molar-refractivity contribution is -0.110. The number of aromatic hydroxyl groups is 2. The van der Waals surface area contributed by atoms with Gasteiger partial charge in [0.1, 0.15) is 11.5 Å². The van der Waals surface area contributed by atoms with Crippen LogP contribution in [0.4, 0.5) is 0 Å². The molecule has 0 spiro atoms. The zero-order chi connectivity index (χ0) is 24.9. The number of phenolic OH excluding ortho intramolecular Hbond substituents is 2. The molecule has 3 heteroatoms. The van der Waals surface area contributed by atoms with E-state index in [0.29, 0.717) is 0 Å². The van der Waals surface area contributed by atoms with E-state index < -0.39 is 0 Å². The molecule has 2 N–H and O–H groups in total. The third kappa shape index (κ3) is 4.89. The van der Waals surface area contributed by atoms with Gasteiger partial charge >= 0.3 is 0 Å². The van der Waals surface area contributed by atoms with Crippen molar-refractivity contribution in [1.29, 1.82) is 0 Å². The maximum Gasteiger partial charge on any atom is 0.178 e. The van der Waals surface area contributed by atoms with Crippen molar-refractivity contribution in [3.8, 4) is 34.5 Å². The summed E-state index contributed by atoms with van der Waals surface area (Å²) in [5.74, 6) is 6.86. The van der Waals surface area contributed by atoms with Crippen LogP contribution in [0.3, 0.4) is 0 Å². The van der Waals surface area contributed by atoms with Gasteiger partial charge in [0.25, 0.3) is 0 Å². The molecule has 0 bridgehead atoms. The molecule has 172 valence electrons. The van der Waals surface area contributed by atoms with E-state index in [-0.39, 0.29) is 17.3 Å². The van der Waals surface area contributed by atoms with Crippen LogP contribution in [-0.2, 0) is 4.79 Å². The number of phenols is 2. The zero-order valence-electron chi connectivity index (χ0n) is 19.3. The highest BCUT2D eigenvalue weighted by molar-refractivity contribution is 6.04. The number of carbonyl (C=O) groups excluding carboxylic acids is 1. The molecule has 4 aromatic carbocycles. The molecule has 1 aliphatic rings. The average Bonchev–Trinajstić information content (AvgIpc) is 2.91. The number of hydrogen-bond donors (Lipinski definition) is 2. The van der Waals surface area contributed by atoms with E-state index in [2.05, 4.69) is 30.0 Å². The molecule has 0 atom stereocenters. The second-order valence-corrected chi connectivity index (χ2v) is 8.34. The maximum absolute atomic E-state index is 11.9. The maximum atomic E-state index is 11.9. The third-order valence-electron chi connectivity index (χ3n) is 5.91. The average molecular weight is 467 g/mol. The molecule has 5 rings (SSSR count). The molecule has 1 aliphatic carbocycles. The summed E-state index contributed by atoms with van der Waals surface area (Å²) in [6.07, 6.45) is 6.76. The number of ketones is 1. The Labute approximate surface area is 210 Å². The molecule has 0 heterocycles. The molecule has 36 heavy (non-hydrogen) atoms. The van der Waals surface area contributed by atoms with Gasteiger partial charge in [-0.3, -0.25) is 4.79 Å². The number of rotatable bonds is 3. The second-order valence-electron chi connectivity index (χ2n) is 8.34. The van der Waals surface area contributed by atoms with Gasteiger partial charge in [0.15, 0.2) is 5.78 Å². The summed E-state index contributed by atoms with van der Waals surface area (Å²) in [6.45, 7) is 0. The Bertz CT molecular complexity index is 1560. The topological polar surface area (TPSA) is 57.5 Å². The van der Waals surface area contributed by atoms with Gasteiger partial charge in [-0.05, 0) is 82.5 Å². The van der Waals surface area contributed by atoms with Gasteiger partial charge in [-0.25, -0.2) is 0 Å². The highest BCUT2D eigenvalue weighted by atomic mass is 16.3. The van der Waals surface area contributed by atoms with Crippen LogP contribution in [0.2, 0.25) is 0 Å². The Kier molecular flexibility index (Phi) is 6.34. The zero-order valence-corrected chi connectivity index (χ0v) is 19.3. The molecule has 0 saturated carbocycles. The Morgan fingerprint density at radius 1 is 0.611 bits per heavy atom. The van der Waals surface area contributed by atoms with Crippen molar-refractivity contribution in [2.24, 2.45) is 0 Å². The standard InChI is InChI=1S/C33H22O3/c34-28-17-10-23(11-18-28)9-12-25-7-4-8-31(24-5-2-1-3-6-24)33(25)32(26-13-19-29(35)20-14-26)27-15-21-30(36)22-16-27/h1-8,10-11,13-22,34-35H. The first-order valence-electron chi connectivity index (χ1n) is 11.5. The Morgan fingerprint density at radius 2 is 1.25 bits per heavy atom. The molecule has 0 aromatic heterocycles. The molecule has 0 radical (unpaired) electrons. The Morgan fingerprint density at radius 3 is 1.92 bits per heavy atom. The molecule has 3 nitrogen and oxygen atoms in total.